The summed E-state index contributed by atoms with van der Waals surface area (Å²) in [5, 5.41) is 0. The summed E-state index contributed by atoms with van der Waals surface area (Å²) in [5.74, 6) is 0.691. The van der Waals surface area contributed by atoms with Gasteiger partial charge in [-0.2, -0.15) is 0 Å². The average molecular weight is 373 g/mol. The van der Waals surface area contributed by atoms with Crippen molar-refractivity contribution in [1.29, 1.82) is 0 Å². The monoisotopic (exact) mass is 372 g/mol. The quantitative estimate of drug-likeness (QED) is 0.593. The predicted molar refractivity (Wildman–Crippen MR) is 108 cm³/mol. The molecule has 0 N–H and O–H groups in total. The minimum Gasteiger partial charge on any atom is -0.456 e. The Kier molecular flexibility index (Phi) is 7.84. The van der Waals surface area contributed by atoms with Gasteiger partial charge in [0.1, 0.15) is 11.5 Å². The van der Waals surface area contributed by atoms with Crippen molar-refractivity contribution in [3.05, 3.63) is 59.7 Å². The second-order valence-corrected chi connectivity index (χ2v) is 6.81. The summed E-state index contributed by atoms with van der Waals surface area (Å²) in [7, 11) is 0. The molecule has 1 heterocycles. The van der Waals surface area contributed by atoms with Crippen LogP contribution >= 0.6 is 0 Å². The molecule has 0 aliphatic carbocycles. The Balaban J connectivity index is 0.000000321. The Labute approximate surface area is 163 Å². The van der Waals surface area contributed by atoms with Crippen molar-refractivity contribution in [2.75, 3.05) is 13.2 Å². The fourth-order valence-corrected chi connectivity index (χ4v) is 3.22. The van der Waals surface area contributed by atoms with Crippen molar-refractivity contribution in [2.45, 2.75) is 59.5 Å². The van der Waals surface area contributed by atoms with E-state index in [-0.39, 0.29) is 0 Å². The van der Waals surface area contributed by atoms with Gasteiger partial charge in [0.25, 0.3) is 0 Å². The lowest BCUT2D eigenvalue weighted by molar-refractivity contribution is -0.216. The average Bonchev–Trinajstić information content (AvgIpc) is 2.62. The fourth-order valence-electron chi connectivity index (χ4n) is 3.22. The fraction of sp³-hybridized carbons (Fsp3) is 0.478. The van der Waals surface area contributed by atoms with Crippen molar-refractivity contribution in [1.82, 2.24) is 0 Å². The van der Waals surface area contributed by atoms with Crippen molar-refractivity contribution in [3.63, 3.8) is 0 Å². The first-order chi connectivity index (χ1) is 12.9. The van der Waals surface area contributed by atoms with Gasteiger partial charge in [-0.15, -0.1) is 0 Å². The third-order valence-corrected chi connectivity index (χ3v) is 3.94. The highest BCUT2D eigenvalue weighted by molar-refractivity contribution is 5.54. The Hall–Kier alpha value is -1.88. The first-order valence-corrected chi connectivity index (χ1v) is 9.74. The molecule has 0 fully saturated rings. The van der Waals surface area contributed by atoms with Crippen molar-refractivity contribution >= 4 is 0 Å². The van der Waals surface area contributed by atoms with E-state index in [1.54, 1.807) is 0 Å². The SMILES string of the molecule is CC(C)OC(C)C.CCOC1(OCC)c2ccccc2Oc2ccccc21. The van der Waals surface area contributed by atoms with Crippen LogP contribution in [0.3, 0.4) is 0 Å². The highest BCUT2D eigenvalue weighted by Gasteiger charge is 2.44. The van der Waals surface area contributed by atoms with Gasteiger partial charge in [-0.25, -0.2) is 0 Å². The van der Waals surface area contributed by atoms with E-state index in [1.165, 1.54) is 0 Å². The van der Waals surface area contributed by atoms with Crippen LogP contribution in [-0.2, 0) is 20.0 Å². The van der Waals surface area contributed by atoms with Gasteiger partial charge < -0.3 is 18.9 Å². The third-order valence-electron chi connectivity index (χ3n) is 3.94. The Morgan fingerprint density at radius 1 is 0.741 bits per heavy atom. The molecule has 0 unspecified atom stereocenters. The van der Waals surface area contributed by atoms with Gasteiger partial charge in [0.15, 0.2) is 0 Å². The molecule has 4 nitrogen and oxygen atoms in total. The largest absolute Gasteiger partial charge is 0.456 e. The van der Waals surface area contributed by atoms with E-state index in [9.17, 15) is 0 Å². The summed E-state index contributed by atoms with van der Waals surface area (Å²) < 4.78 is 23.3. The van der Waals surface area contributed by atoms with Crippen molar-refractivity contribution in [3.8, 4) is 11.5 Å². The second-order valence-electron chi connectivity index (χ2n) is 6.81. The summed E-state index contributed by atoms with van der Waals surface area (Å²) >= 11 is 0. The first-order valence-electron chi connectivity index (χ1n) is 9.74. The molecule has 1 aliphatic rings. The van der Waals surface area contributed by atoms with Crippen LogP contribution in [-0.4, -0.2) is 25.4 Å². The number of hydrogen-bond acceptors (Lipinski definition) is 4. The van der Waals surface area contributed by atoms with E-state index >= 15 is 0 Å². The molecule has 0 atom stereocenters. The zero-order valence-corrected chi connectivity index (χ0v) is 17.3. The molecular formula is C23H32O4. The molecular weight excluding hydrogens is 340 g/mol. The van der Waals surface area contributed by atoms with E-state index in [0.29, 0.717) is 25.4 Å². The maximum absolute atomic E-state index is 6.06. The molecule has 4 heteroatoms. The van der Waals surface area contributed by atoms with Crippen LogP contribution in [0.2, 0.25) is 0 Å². The summed E-state index contributed by atoms with van der Waals surface area (Å²) in [4.78, 5) is 0. The number of benzene rings is 2. The number of para-hydroxylation sites is 2. The van der Waals surface area contributed by atoms with Gasteiger partial charge >= 0.3 is 0 Å². The Bertz CT molecular complexity index is 650. The molecule has 0 radical (unpaired) electrons. The summed E-state index contributed by atoms with van der Waals surface area (Å²) in [6, 6.07) is 15.7. The second kappa shape index (κ2) is 9.88. The zero-order valence-electron chi connectivity index (χ0n) is 17.3. The summed E-state index contributed by atoms with van der Waals surface area (Å²) in [6.45, 7) is 13.2. The van der Waals surface area contributed by atoms with Gasteiger partial charge in [0, 0.05) is 13.2 Å². The third kappa shape index (κ3) is 5.10. The standard InChI is InChI=1S/C17H18O3.C6H14O/c1-3-18-17(19-4-2)13-9-5-7-11-15(13)20-16-12-8-6-10-14(16)17;1-5(2)7-6(3)4/h5-12H,3-4H2,1-2H3;5-6H,1-4H3. The van der Waals surface area contributed by atoms with Crippen molar-refractivity contribution < 1.29 is 18.9 Å². The topological polar surface area (TPSA) is 36.9 Å². The molecule has 27 heavy (non-hydrogen) atoms. The van der Waals surface area contributed by atoms with Crippen LogP contribution in [0.15, 0.2) is 48.5 Å². The van der Waals surface area contributed by atoms with Crippen molar-refractivity contribution in [2.24, 2.45) is 0 Å². The molecule has 0 bridgehead atoms. The summed E-state index contributed by atoms with van der Waals surface area (Å²) in [5.41, 5.74) is 1.84. The minimum atomic E-state index is -0.880. The first kappa shape index (κ1) is 21.4. The maximum atomic E-state index is 6.06. The van der Waals surface area contributed by atoms with Gasteiger partial charge in [0.05, 0.1) is 23.3 Å². The van der Waals surface area contributed by atoms with E-state index < -0.39 is 5.79 Å². The van der Waals surface area contributed by atoms with Gasteiger partial charge in [-0.1, -0.05) is 24.3 Å². The van der Waals surface area contributed by atoms with E-state index in [0.717, 1.165) is 22.6 Å². The van der Waals surface area contributed by atoms with Crippen LogP contribution < -0.4 is 4.74 Å². The molecule has 2 aromatic rings. The minimum absolute atomic E-state index is 0.375. The highest BCUT2D eigenvalue weighted by Crippen LogP contribution is 2.49. The molecule has 0 aromatic heterocycles. The van der Waals surface area contributed by atoms with Gasteiger partial charge in [0.2, 0.25) is 5.79 Å². The molecule has 0 saturated heterocycles. The van der Waals surface area contributed by atoms with Gasteiger partial charge in [-0.05, 0) is 65.8 Å². The van der Waals surface area contributed by atoms with Crippen LogP contribution in [0.5, 0.6) is 11.5 Å². The van der Waals surface area contributed by atoms with Crippen LogP contribution in [0.1, 0.15) is 52.7 Å². The number of hydrogen-bond donors (Lipinski definition) is 0. The van der Waals surface area contributed by atoms with Crippen LogP contribution in [0.4, 0.5) is 0 Å². The van der Waals surface area contributed by atoms with E-state index in [1.807, 2.05) is 90.1 Å². The molecule has 0 spiro atoms. The molecule has 1 aliphatic heterocycles. The molecule has 0 amide bonds. The molecule has 0 saturated carbocycles. The highest BCUT2D eigenvalue weighted by atomic mass is 16.7. The number of rotatable bonds is 6. The molecule has 148 valence electrons. The lowest BCUT2D eigenvalue weighted by atomic mass is 9.93. The lowest BCUT2D eigenvalue weighted by Crippen LogP contribution is -2.37. The molecule has 2 aromatic carbocycles. The number of fused-ring (bicyclic) bond motifs is 2. The number of ether oxygens (including phenoxy) is 4. The summed E-state index contributed by atoms with van der Waals surface area (Å²) in [6.07, 6.45) is 0.750. The predicted octanol–water partition coefficient (Wildman–Crippen LogP) is 5.89. The van der Waals surface area contributed by atoms with E-state index in [2.05, 4.69) is 0 Å². The van der Waals surface area contributed by atoms with E-state index in [4.69, 9.17) is 18.9 Å². The van der Waals surface area contributed by atoms with Crippen LogP contribution in [0.25, 0.3) is 0 Å². The lowest BCUT2D eigenvalue weighted by Gasteiger charge is -2.39. The van der Waals surface area contributed by atoms with Gasteiger partial charge in [-0.3, -0.25) is 0 Å². The smallest absolute Gasteiger partial charge is 0.229 e. The normalized spacial score (nSPS) is 14.1. The Morgan fingerprint density at radius 2 is 1.15 bits per heavy atom. The molecule has 3 rings (SSSR count). The Morgan fingerprint density at radius 3 is 1.48 bits per heavy atom. The zero-order chi connectivity index (χ0) is 19.9. The maximum Gasteiger partial charge on any atom is 0.229 e. The van der Waals surface area contributed by atoms with Crippen LogP contribution in [0, 0.1) is 0 Å².